The molecule has 0 fully saturated rings. The van der Waals surface area contributed by atoms with Crippen molar-refractivity contribution in [2.75, 3.05) is 0 Å². The van der Waals surface area contributed by atoms with E-state index in [1.54, 1.807) is 19.9 Å². The maximum atomic E-state index is 13.4. The minimum atomic E-state index is -3.75. The molecule has 23 heavy (non-hydrogen) atoms. The van der Waals surface area contributed by atoms with Gasteiger partial charge in [0.05, 0.1) is 17.1 Å². The van der Waals surface area contributed by atoms with E-state index >= 15 is 0 Å². The van der Waals surface area contributed by atoms with E-state index in [1.165, 1.54) is 35.2 Å². The van der Waals surface area contributed by atoms with Crippen molar-refractivity contribution in [3.05, 3.63) is 59.5 Å². The molecule has 0 aliphatic carbocycles. The van der Waals surface area contributed by atoms with Gasteiger partial charge < -0.3 is 4.52 Å². The molecule has 2 heterocycles. The molecular formula is C15H14FN3O3S. The standard InChI is InChI=1S/C15H14FN3O3S/c1-10-14(11(2)22-18-10)9-23(20,21)15-17-6-7-19(15)13-5-3-4-12(16)8-13/h3-8H,9H2,1-2H3. The molecule has 0 radical (unpaired) electrons. The molecular weight excluding hydrogens is 321 g/mol. The number of rotatable bonds is 4. The molecule has 0 atom stereocenters. The van der Waals surface area contributed by atoms with Gasteiger partial charge in [0.25, 0.3) is 0 Å². The van der Waals surface area contributed by atoms with Crippen LogP contribution >= 0.6 is 0 Å². The average Bonchev–Trinajstić information content (AvgIpc) is 3.10. The summed E-state index contributed by atoms with van der Waals surface area (Å²) in [6.45, 7) is 3.34. The van der Waals surface area contributed by atoms with Gasteiger partial charge in [-0.05, 0) is 32.0 Å². The van der Waals surface area contributed by atoms with Crippen LogP contribution in [0.1, 0.15) is 17.0 Å². The van der Waals surface area contributed by atoms with Gasteiger partial charge in [-0.2, -0.15) is 0 Å². The highest BCUT2D eigenvalue weighted by Gasteiger charge is 2.25. The first-order chi connectivity index (χ1) is 10.9. The van der Waals surface area contributed by atoms with E-state index in [1.807, 2.05) is 0 Å². The van der Waals surface area contributed by atoms with E-state index in [9.17, 15) is 12.8 Å². The van der Waals surface area contributed by atoms with Gasteiger partial charge in [0.1, 0.15) is 11.6 Å². The Kier molecular flexibility index (Phi) is 3.77. The molecule has 0 saturated carbocycles. The number of halogens is 1. The highest BCUT2D eigenvalue weighted by atomic mass is 32.2. The monoisotopic (exact) mass is 335 g/mol. The molecule has 0 aliphatic rings. The molecule has 0 aliphatic heterocycles. The first-order valence-corrected chi connectivity index (χ1v) is 8.47. The largest absolute Gasteiger partial charge is 0.361 e. The normalized spacial score (nSPS) is 11.8. The Morgan fingerprint density at radius 2 is 2.09 bits per heavy atom. The van der Waals surface area contributed by atoms with Crippen LogP contribution in [-0.4, -0.2) is 23.1 Å². The van der Waals surface area contributed by atoms with Crippen LogP contribution in [0.3, 0.4) is 0 Å². The molecule has 6 nitrogen and oxygen atoms in total. The molecule has 120 valence electrons. The Labute approximate surface area is 132 Å². The predicted molar refractivity (Wildman–Crippen MR) is 80.4 cm³/mol. The van der Waals surface area contributed by atoms with Crippen molar-refractivity contribution in [1.29, 1.82) is 0 Å². The maximum Gasteiger partial charge on any atom is 0.232 e. The van der Waals surface area contributed by atoms with Crippen LogP contribution in [0.15, 0.2) is 46.3 Å². The molecule has 8 heteroatoms. The third-order valence-electron chi connectivity index (χ3n) is 3.49. The number of hydrogen-bond donors (Lipinski definition) is 0. The topological polar surface area (TPSA) is 78.0 Å². The summed E-state index contributed by atoms with van der Waals surface area (Å²) in [5.41, 5.74) is 1.42. The molecule has 0 saturated heterocycles. The van der Waals surface area contributed by atoms with Gasteiger partial charge in [0.15, 0.2) is 0 Å². The zero-order chi connectivity index (χ0) is 16.6. The Hall–Kier alpha value is -2.48. The second-order valence-corrected chi connectivity index (χ2v) is 7.00. The highest BCUT2D eigenvalue weighted by molar-refractivity contribution is 7.90. The van der Waals surface area contributed by atoms with E-state index in [4.69, 9.17) is 4.52 Å². The highest BCUT2D eigenvalue weighted by Crippen LogP contribution is 2.22. The molecule has 0 bridgehead atoms. The fraction of sp³-hybridized carbons (Fsp3) is 0.200. The number of aromatic nitrogens is 3. The number of hydrogen-bond acceptors (Lipinski definition) is 5. The second kappa shape index (κ2) is 5.62. The smallest absolute Gasteiger partial charge is 0.232 e. The van der Waals surface area contributed by atoms with E-state index in [0.29, 0.717) is 22.7 Å². The fourth-order valence-electron chi connectivity index (χ4n) is 2.30. The number of imidazole rings is 1. The summed E-state index contributed by atoms with van der Waals surface area (Å²) in [6, 6.07) is 5.66. The van der Waals surface area contributed by atoms with Gasteiger partial charge in [0.2, 0.25) is 15.0 Å². The van der Waals surface area contributed by atoms with Crippen molar-refractivity contribution in [3.8, 4) is 5.69 Å². The summed E-state index contributed by atoms with van der Waals surface area (Å²) in [5, 5.41) is 3.61. The van der Waals surface area contributed by atoms with Crippen LogP contribution in [0.2, 0.25) is 0 Å². The molecule has 3 aromatic rings. The van der Waals surface area contributed by atoms with Crippen LogP contribution in [-0.2, 0) is 15.6 Å². The molecule has 3 rings (SSSR count). The molecule has 0 amide bonds. The van der Waals surface area contributed by atoms with Gasteiger partial charge >= 0.3 is 0 Å². The molecule has 0 unspecified atom stereocenters. The van der Waals surface area contributed by atoms with Crippen molar-refractivity contribution in [2.24, 2.45) is 0 Å². The van der Waals surface area contributed by atoms with E-state index in [0.717, 1.165) is 0 Å². The molecule has 0 N–H and O–H groups in total. The zero-order valence-electron chi connectivity index (χ0n) is 12.5. The summed E-state index contributed by atoms with van der Waals surface area (Å²) >= 11 is 0. The van der Waals surface area contributed by atoms with Crippen LogP contribution in [0.4, 0.5) is 4.39 Å². The number of benzene rings is 1. The Bertz CT molecular complexity index is 941. The minimum absolute atomic E-state index is 0.150. The third-order valence-corrected chi connectivity index (χ3v) is 5.01. The van der Waals surface area contributed by atoms with Crippen molar-refractivity contribution >= 4 is 9.84 Å². The SMILES string of the molecule is Cc1noc(C)c1CS(=O)(=O)c1nccn1-c1cccc(F)c1. The van der Waals surface area contributed by atoms with Crippen LogP contribution in [0, 0.1) is 19.7 Å². The summed E-state index contributed by atoms with van der Waals surface area (Å²) in [5.74, 6) is -0.277. The van der Waals surface area contributed by atoms with Gasteiger partial charge in [-0.25, -0.2) is 17.8 Å². The lowest BCUT2D eigenvalue weighted by atomic mass is 10.2. The number of sulfone groups is 1. The predicted octanol–water partition coefficient (Wildman–Crippen LogP) is 2.59. The third kappa shape index (κ3) is 2.89. The Balaban J connectivity index is 2.04. The zero-order valence-corrected chi connectivity index (χ0v) is 13.3. The first kappa shape index (κ1) is 15.4. The lowest BCUT2D eigenvalue weighted by molar-refractivity contribution is 0.392. The van der Waals surface area contributed by atoms with Crippen molar-refractivity contribution in [3.63, 3.8) is 0 Å². The summed E-state index contributed by atoms with van der Waals surface area (Å²) in [4.78, 5) is 3.94. The van der Waals surface area contributed by atoms with Crippen LogP contribution in [0.25, 0.3) is 5.69 Å². The minimum Gasteiger partial charge on any atom is -0.361 e. The Morgan fingerprint density at radius 1 is 1.30 bits per heavy atom. The number of aryl methyl sites for hydroxylation is 2. The van der Waals surface area contributed by atoms with Gasteiger partial charge in [-0.15, -0.1) is 0 Å². The molecule has 0 spiro atoms. The number of nitrogens with zero attached hydrogens (tertiary/aromatic N) is 3. The Morgan fingerprint density at radius 3 is 2.74 bits per heavy atom. The molecule has 1 aromatic carbocycles. The van der Waals surface area contributed by atoms with Gasteiger partial charge in [0, 0.05) is 18.0 Å². The van der Waals surface area contributed by atoms with E-state index in [-0.39, 0.29) is 10.9 Å². The maximum absolute atomic E-state index is 13.4. The van der Waals surface area contributed by atoms with Gasteiger partial charge in [-0.3, -0.25) is 4.57 Å². The summed E-state index contributed by atoms with van der Waals surface area (Å²) in [7, 11) is -3.75. The van der Waals surface area contributed by atoms with Gasteiger partial charge in [-0.1, -0.05) is 11.2 Å². The first-order valence-electron chi connectivity index (χ1n) is 6.82. The van der Waals surface area contributed by atoms with Crippen molar-refractivity contribution in [2.45, 2.75) is 24.8 Å². The van der Waals surface area contributed by atoms with Crippen LogP contribution < -0.4 is 0 Å². The summed E-state index contributed by atoms with van der Waals surface area (Å²) < 4.78 is 45.1. The fourth-order valence-corrected chi connectivity index (χ4v) is 3.91. The quantitative estimate of drug-likeness (QED) is 0.732. The summed E-state index contributed by atoms with van der Waals surface area (Å²) in [6.07, 6.45) is 2.85. The molecule has 2 aromatic heterocycles. The lowest BCUT2D eigenvalue weighted by Crippen LogP contribution is -2.12. The van der Waals surface area contributed by atoms with Crippen molar-refractivity contribution < 1.29 is 17.3 Å². The average molecular weight is 335 g/mol. The van der Waals surface area contributed by atoms with E-state index < -0.39 is 15.7 Å². The van der Waals surface area contributed by atoms with Crippen molar-refractivity contribution in [1.82, 2.24) is 14.7 Å². The van der Waals surface area contributed by atoms with E-state index in [2.05, 4.69) is 10.1 Å². The van der Waals surface area contributed by atoms with Crippen LogP contribution in [0.5, 0.6) is 0 Å². The second-order valence-electron chi connectivity index (χ2n) is 5.12. The lowest BCUT2D eigenvalue weighted by Gasteiger charge is -2.08.